The second-order valence-electron chi connectivity index (χ2n) is 9.67. The quantitative estimate of drug-likeness (QED) is 0.296. The van der Waals surface area contributed by atoms with Crippen LogP contribution in [0.4, 0.5) is 0 Å². The lowest BCUT2D eigenvalue weighted by Gasteiger charge is -2.22. The van der Waals surface area contributed by atoms with Gasteiger partial charge >= 0.3 is 5.97 Å². The number of nitrogens with two attached hydrogens (primary N) is 1. The molecule has 5 aliphatic rings. The highest BCUT2D eigenvalue weighted by molar-refractivity contribution is 9.10. The number of halogens is 1. The maximum Gasteiger partial charge on any atom is 0.316 e. The van der Waals surface area contributed by atoms with Crippen molar-refractivity contribution in [1.29, 1.82) is 0 Å². The molecule has 5 fully saturated rings. The predicted molar refractivity (Wildman–Crippen MR) is 147 cm³/mol. The zero-order chi connectivity index (χ0) is 23.4. The molecule has 0 aromatic heterocycles. The van der Waals surface area contributed by atoms with Crippen molar-refractivity contribution in [2.45, 2.75) is 87.4 Å². The van der Waals surface area contributed by atoms with Gasteiger partial charge in [-0.1, -0.05) is 40.5 Å². The monoisotopic (exact) mass is 580 g/mol. The van der Waals surface area contributed by atoms with E-state index >= 15 is 0 Å². The number of aliphatic carboxylic acids is 1. The largest absolute Gasteiger partial charge is 0.480 e. The molecule has 188 valence electrons. The van der Waals surface area contributed by atoms with Crippen molar-refractivity contribution in [2.75, 3.05) is 0 Å². The number of fused-ring (bicyclic) bond motifs is 4. The first-order valence-electron chi connectivity index (χ1n) is 11.6. The van der Waals surface area contributed by atoms with Gasteiger partial charge in [0, 0.05) is 6.04 Å². The minimum atomic E-state index is -0.824. The molecule has 1 aliphatic heterocycles. The molecule has 4 bridgehead atoms. The van der Waals surface area contributed by atoms with Crippen LogP contribution in [0.3, 0.4) is 0 Å². The van der Waals surface area contributed by atoms with Crippen LogP contribution in [0.15, 0.2) is 4.99 Å². The molecule has 8 unspecified atom stereocenters. The van der Waals surface area contributed by atoms with Gasteiger partial charge in [0.05, 0.1) is 11.3 Å². The topological polar surface area (TPSA) is 117 Å². The van der Waals surface area contributed by atoms with E-state index in [4.69, 9.17) is 28.1 Å². The summed E-state index contributed by atoms with van der Waals surface area (Å²) in [6.07, 6.45) is 10.9. The zero-order valence-electron chi connectivity index (χ0n) is 19.3. The number of amides is 1. The highest BCUT2D eigenvalue weighted by atomic mass is 79.9. The highest BCUT2D eigenvalue weighted by Gasteiger charge is 2.41. The summed E-state index contributed by atoms with van der Waals surface area (Å²) in [6, 6.07) is 1.10. The van der Waals surface area contributed by atoms with Crippen LogP contribution in [0.2, 0.25) is 0 Å². The van der Waals surface area contributed by atoms with Gasteiger partial charge < -0.3 is 21.5 Å². The fourth-order valence-electron chi connectivity index (χ4n) is 5.64. The van der Waals surface area contributed by atoms with Gasteiger partial charge in [0.1, 0.15) is 4.83 Å². The normalized spacial score (nSPS) is 37.2. The van der Waals surface area contributed by atoms with E-state index in [1.807, 2.05) is 6.92 Å². The van der Waals surface area contributed by atoms with Gasteiger partial charge in [-0.05, 0) is 88.3 Å². The lowest BCUT2D eigenvalue weighted by atomic mass is 9.96. The van der Waals surface area contributed by atoms with Crippen LogP contribution in [0.25, 0.3) is 0 Å². The number of hydrogen-bond donors (Lipinski definition) is 4. The number of nitrogens with one attached hydrogen (secondary N) is 2. The van der Waals surface area contributed by atoms with Crippen LogP contribution in [-0.2, 0) is 9.59 Å². The third-order valence-electron chi connectivity index (χ3n) is 7.28. The molecule has 5 rings (SSSR count). The molecule has 0 spiro atoms. The first kappa shape index (κ1) is 28.7. The Morgan fingerprint density at radius 3 is 2.15 bits per heavy atom. The number of carboxylic acids is 1. The number of thiocarbonyl (C=S) groups is 1. The molecule has 7 nitrogen and oxygen atoms in total. The van der Waals surface area contributed by atoms with E-state index in [1.54, 1.807) is 18.7 Å². The zero-order valence-corrected chi connectivity index (χ0v) is 23.5. The molecule has 1 heterocycles. The van der Waals surface area contributed by atoms with Crippen molar-refractivity contribution < 1.29 is 14.7 Å². The molecule has 4 aliphatic carbocycles. The van der Waals surface area contributed by atoms with Crippen LogP contribution in [0, 0.1) is 23.7 Å². The van der Waals surface area contributed by atoms with Gasteiger partial charge in [0.15, 0.2) is 10.3 Å². The van der Waals surface area contributed by atoms with Gasteiger partial charge in [-0.15, -0.1) is 0 Å². The molecule has 1 saturated heterocycles. The van der Waals surface area contributed by atoms with Crippen molar-refractivity contribution in [3.8, 4) is 0 Å². The number of carbonyl (C=O) groups is 2. The molecule has 0 aromatic rings. The minimum absolute atomic E-state index is 0. The number of rotatable bonds is 3. The van der Waals surface area contributed by atoms with E-state index in [9.17, 15) is 9.59 Å². The fourth-order valence-corrected chi connectivity index (χ4v) is 6.65. The average molecular weight is 582 g/mol. The van der Waals surface area contributed by atoms with Gasteiger partial charge in [-0.3, -0.25) is 14.6 Å². The first-order chi connectivity index (χ1) is 15.1. The number of aliphatic imine (C=N–C) groups is 1. The average Bonchev–Trinajstić information content (AvgIpc) is 3.52. The molecule has 8 atom stereocenters. The standard InChI is InChI=1S/C11H16N2OS.C8H14N2S.C3H5BrO2.H2S/c1-6-10(14)13-11(15-6)12-9-5-7-2-3-8(9)4-7;9-8(11)10-7-4-5-1-2-6(7)3-5;1-2(4)3(5)6;/h6-9H,2-5H2,1H3,(H,12,13,14);5-7H,1-4H2,(H3,9,10,11);2H,1H3,(H,5,6);1H2. The molecule has 0 radical (unpaired) electrons. The summed E-state index contributed by atoms with van der Waals surface area (Å²) in [5.41, 5.74) is 5.42. The Bertz CT molecular complexity index is 754. The molecule has 33 heavy (non-hydrogen) atoms. The van der Waals surface area contributed by atoms with Gasteiger partial charge in [-0.2, -0.15) is 13.5 Å². The number of carboxylic acid groups (broad SMARTS) is 1. The third-order valence-corrected chi connectivity index (χ3v) is 8.79. The van der Waals surface area contributed by atoms with Crippen molar-refractivity contribution >= 4 is 75.6 Å². The Labute approximate surface area is 221 Å². The van der Waals surface area contributed by atoms with E-state index in [2.05, 4.69) is 26.6 Å². The SMILES string of the molecule is CC(Br)C(=O)O.CC1SC(=NC2CC3CCC2C3)NC1=O.NC(=S)NC1CC2CCC1C2.S. The smallest absolute Gasteiger partial charge is 0.316 e. The van der Waals surface area contributed by atoms with Crippen molar-refractivity contribution in [1.82, 2.24) is 10.6 Å². The van der Waals surface area contributed by atoms with Crippen LogP contribution < -0.4 is 16.4 Å². The second-order valence-corrected chi connectivity index (χ2v) is 12.8. The number of amidine groups is 1. The summed E-state index contributed by atoms with van der Waals surface area (Å²) < 4.78 is 0. The van der Waals surface area contributed by atoms with E-state index in [-0.39, 0.29) is 24.7 Å². The van der Waals surface area contributed by atoms with Gasteiger partial charge in [-0.25, -0.2) is 0 Å². The second kappa shape index (κ2) is 13.0. The van der Waals surface area contributed by atoms with Crippen LogP contribution in [0.1, 0.15) is 65.2 Å². The lowest BCUT2D eigenvalue weighted by molar-refractivity contribution is -0.135. The fraction of sp³-hybridized carbons (Fsp3) is 0.818. The number of carbonyl (C=O) groups excluding carboxylic acids is 1. The molecule has 11 heteroatoms. The van der Waals surface area contributed by atoms with E-state index in [0.717, 1.165) is 28.8 Å². The van der Waals surface area contributed by atoms with Crippen molar-refractivity contribution in [3.63, 3.8) is 0 Å². The molecule has 5 N–H and O–H groups in total. The summed E-state index contributed by atoms with van der Waals surface area (Å²) in [7, 11) is 0. The Morgan fingerprint density at radius 2 is 1.79 bits per heavy atom. The summed E-state index contributed by atoms with van der Waals surface area (Å²) >= 11 is 9.23. The molecular weight excluding hydrogens is 544 g/mol. The van der Waals surface area contributed by atoms with Crippen LogP contribution in [-0.4, -0.2) is 49.4 Å². The lowest BCUT2D eigenvalue weighted by Crippen LogP contribution is -2.41. The van der Waals surface area contributed by atoms with E-state index in [0.29, 0.717) is 17.2 Å². The Hall–Kier alpha value is -0.520. The van der Waals surface area contributed by atoms with Crippen LogP contribution in [0.5, 0.6) is 0 Å². The van der Waals surface area contributed by atoms with Crippen LogP contribution >= 0.6 is 53.4 Å². The Kier molecular flexibility index (Phi) is 11.3. The number of hydrogen-bond acceptors (Lipinski definition) is 5. The Morgan fingerprint density at radius 1 is 1.21 bits per heavy atom. The minimum Gasteiger partial charge on any atom is -0.480 e. The molecule has 0 aromatic carbocycles. The summed E-state index contributed by atoms with van der Waals surface area (Å²) in [5.74, 6) is 2.84. The summed E-state index contributed by atoms with van der Waals surface area (Å²) in [5, 5.41) is 15.4. The van der Waals surface area contributed by atoms with Gasteiger partial charge in [0.25, 0.3) is 0 Å². The Balaban J connectivity index is 0.000000190. The summed E-state index contributed by atoms with van der Waals surface area (Å²) in [4.78, 5) is 25.2. The molecule has 1 amide bonds. The van der Waals surface area contributed by atoms with Crippen molar-refractivity contribution in [2.24, 2.45) is 34.4 Å². The van der Waals surface area contributed by atoms with Crippen molar-refractivity contribution in [3.05, 3.63) is 0 Å². The third kappa shape index (κ3) is 8.28. The predicted octanol–water partition coefficient (Wildman–Crippen LogP) is 3.76. The number of thioether (sulfide) groups is 1. The molecule has 4 saturated carbocycles. The van der Waals surface area contributed by atoms with Gasteiger partial charge in [0.2, 0.25) is 5.91 Å². The first-order valence-corrected chi connectivity index (χ1v) is 13.8. The van der Waals surface area contributed by atoms with E-state index < -0.39 is 10.8 Å². The van der Waals surface area contributed by atoms with E-state index in [1.165, 1.54) is 51.4 Å². The maximum atomic E-state index is 11.3. The maximum absolute atomic E-state index is 11.3. The summed E-state index contributed by atoms with van der Waals surface area (Å²) in [6.45, 7) is 3.49. The molecular formula is C22H37BrN4O3S3. The number of alkyl halides is 1. The number of nitrogens with zero attached hydrogens (tertiary/aromatic N) is 1. The highest BCUT2D eigenvalue weighted by Crippen LogP contribution is 2.46.